The van der Waals surface area contributed by atoms with Gasteiger partial charge in [0.1, 0.15) is 36.4 Å². The normalized spacial score (nSPS) is 27.5. The number of aliphatic hydroxyl groups excluding tert-OH is 1. The van der Waals surface area contributed by atoms with Crippen molar-refractivity contribution in [3.63, 3.8) is 0 Å². The fourth-order valence-corrected chi connectivity index (χ4v) is 5.54. The van der Waals surface area contributed by atoms with Crippen LogP contribution in [0, 0.1) is 0 Å². The number of imidazole rings is 1. The molecule has 3 aliphatic rings. The summed E-state index contributed by atoms with van der Waals surface area (Å²) in [4.78, 5) is 11.8. The van der Waals surface area contributed by atoms with Gasteiger partial charge in [0.05, 0.1) is 18.2 Å². The highest BCUT2D eigenvalue weighted by atomic mass is 35.5. The van der Waals surface area contributed by atoms with Gasteiger partial charge in [0.15, 0.2) is 11.8 Å². The van der Waals surface area contributed by atoms with Crippen LogP contribution in [0.25, 0.3) is 11.2 Å². The van der Waals surface area contributed by atoms with E-state index in [1.165, 1.54) is 0 Å². The molecule has 0 amide bonds. The van der Waals surface area contributed by atoms with Gasteiger partial charge in [-0.25, -0.2) is 4.98 Å². The predicted octanol–water partition coefficient (Wildman–Crippen LogP) is 1.71. The first-order valence-electron chi connectivity index (χ1n) is 12.0. The molecule has 10 nitrogen and oxygen atoms in total. The Morgan fingerprint density at radius 1 is 1.18 bits per heavy atom. The van der Waals surface area contributed by atoms with Crippen LogP contribution in [0.2, 0.25) is 30.7 Å². The van der Waals surface area contributed by atoms with Crippen LogP contribution in [0.4, 0.5) is 5.82 Å². The molecule has 3 fully saturated rings. The van der Waals surface area contributed by atoms with Gasteiger partial charge in [-0.3, -0.25) is 4.57 Å². The molecular weight excluding hydrogens is 478 g/mol. The van der Waals surface area contributed by atoms with E-state index in [2.05, 4.69) is 29.9 Å². The molecule has 2 aromatic rings. The van der Waals surface area contributed by atoms with Gasteiger partial charge in [0.25, 0.3) is 0 Å². The number of fused-ring (bicyclic) bond motifs is 2. The van der Waals surface area contributed by atoms with Crippen molar-refractivity contribution >= 4 is 36.7 Å². The Morgan fingerprint density at radius 3 is 2.71 bits per heavy atom. The molecule has 5 rings (SSSR count). The number of hydrogen-bond acceptors (Lipinski definition) is 9. The summed E-state index contributed by atoms with van der Waals surface area (Å²) in [5, 5.41) is 14.0. The third-order valence-corrected chi connectivity index (χ3v) is 8.47. The summed E-state index contributed by atoms with van der Waals surface area (Å²) in [6.45, 7) is 11.9. The van der Waals surface area contributed by atoms with E-state index in [9.17, 15) is 5.11 Å². The number of ether oxygens (including phenoxy) is 4. The van der Waals surface area contributed by atoms with Gasteiger partial charge in [-0.15, -0.1) is 0 Å². The summed E-state index contributed by atoms with van der Waals surface area (Å²) in [5.74, 6) is 0.747. The number of halogens is 1. The van der Waals surface area contributed by atoms with E-state index < -0.39 is 14.2 Å². The summed E-state index contributed by atoms with van der Waals surface area (Å²) in [7, 11) is -1.22. The molecule has 0 bridgehead atoms. The minimum absolute atomic E-state index is 0.247. The number of anilines is 1. The van der Waals surface area contributed by atoms with Gasteiger partial charge >= 0.3 is 6.01 Å². The second kappa shape index (κ2) is 9.88. The molecule has 4 atom stereocenters. The summed E-state index contributed by atoms with van der Waals surface area (Å²) in [6, 6.07) is 3.30. The van der Waals surface area contributed by atoms with Crippen LogP contribution < -0.4 is 15.0 Å². The lowest BCUT2D eigenvalue weighted by atomic mass is 10.1. The summed E-state index contributed by atoms with van der Waals surface area (Å²) in [5.41, 5.74) is 1.32. The highest BCUT2D eigenvalue weighted by Crippen LogP contribution is 2.33. The molecule has 0 aliphatic carbocycles. The van der Waals surface area contributed by atoms with Crippen molar-refractivity contribution in [3.05, 3.63) is 11.1 Å². The average molecular weight is 512 g/mol. The molecule has 2 unspecified atom stereocenters. The van der Waals surface area contributed by atoms with Crippen LogP contribution in [0.1, 0.15) is 0 Å². The molecule has 12 heteroatoms. The number of hydrogen-bond donors (Lipinski definition) is 2. The lowest BCUT2D eigenvalue weighted by molar-refractivity contribution is 0.00336. The zero-order valence-electron chi connectivity index (χ0n) is 20.0. The molecule has 0 radical (unpaired) electrons. The van der Waals surface area contributed by atoms with Crippen molar-refractivity contribution in [2.75, 3.05) is 50.9 Å². The Balaban J connectivity index is 1.43. The quantitative estimate of drug-likeness (QED) is 0.405. The Labute approximate surface area is 205 Å². The molecule has 3 aliphatic heterocycles. The predicted molar refractivity (Wildman–Crippen MR) is 132 cm³/mol. The minimum Gasteiger partial charge on any atom is -0.456 e. The monoisotopic (exact) mass is 511 g/mol. The van der Waals surface area contributed by atoms with E-state index in [1.54, 1.807) is 0 Å². The van der Waals surface area contributed by atoms with Crippen LogP contribution in [-0.2, 0) is 20.9 Å². The number of aromatic nitrogens is 3. The van der Waals surface area contributed by atoms with Crippen molar-refractivity contribution < 1.29 is 24.1 Å². The maximum absolute atomic E-state index is 10.1. The highest BCUT2D eigenvalue weighted by Gasteiger charge is 2.49. The minimum atomic E-state index is -1.22. The number of aliphatic hydroxyl groups is 1. The average Bonchev–Trinajstić information content (AvgIpc) is 3.46. The third-order valence-electron chi connectivity index (χ3n) is 6.49. The number of nitrogens with zero attached hydrogens (tertiary/aromatic N) is 4. The molecule has 188 valence electrons. The van der Waals surface area contributed by atoms with E-state index >= 15 is 0 Å². The lowest BCUT2D eigenvalue weighted by Gasteiger charge is -2.29. The third kappa shape index (κ3) is 5.06. The molecule has 0 saturated carbocycles. The molecule has 5 heterocycles. The second-order valence-corrected chi connectivity index (χ2v) is 16.4. The van der Waals surface area contributed by atoms with Gasteiger partial charge in [0.2, 0.25) is 0 Å². The fraction of sp³-hybridized carbons (Fsp3) is 0.727. The Hall–Kier alpha value is -1.47. The van der Waals surface area contributed by atoms with Crippen LogP contribution in [0.5, 0.6) is 6.01 Å². The van der Waals surface area contributed by atoms with Crippen molar-refractivity contribution in [2.45, 2.75) is 56.8 Å². The van der Waals surface area contributed by atoms with Gasteiger partial charge in [0, 0.05) is 40.9 Å². The molecule has 2 N–H and O–H groups in total. The number of rotatable bonds is 8. The first-order chi connectivity index (χ1) is 16.3. The van der Waals surface area contributed by atoms with Crippen molar-refractivity contribution in [1.29, 1.82) is 0 Å². The van der Waals surface area contributed by atoms with Gasteiger partial charge in [-0.1, -0.05) is 31.2 Å². The second-order valence-electron chi connectivity index (χ2n) is 10.4. The summed E-state index contributed by atoms with van der Waals surface area (Å²) >= 11 is 6.63. The molecular formula is C22H34ClN5O5Si. The SMILES string of the molecule is C[Si](C)(C)CCOCn1c(OC2COC3[C@@H]2OC[C@H]3O)nc2cc(Cl)c(N3CCNCC3)nc21. The Morgan fingerprint density at radius 2 is 1.94 bits per heavy atom. The van der Waals surface area contributed by atoms with Gasteiger partial charge < -0.3 is 34.3 Å². The maximum Gasteiger partial charge on any atom is 0.301 e. The standard InChI is InChI=1S/C22H34ClN5O5Si/c1-34(2,3)9-8-30-13-28-21-15(10-14(23)20(26-21)27-6-4-24-5-7-27)25-22(28)33-17-12-32-18-16(29)11-31-19(17)18/h10,16-19,24,29H,4-9,11-13H2,1-3H3/t16-,17?,18?,19-/m1/s1. The molecule has 3 saturated heterocycles. The number of nitrogens with one attached hydrogen (secondary N) is 1. The summed E-state index contributed by atoms with van der Waals surface area (Å²) in [6.07, 6.45) is -1.71. The summed E-state index contributed by atoms with van der Waals surface area (Å²) < 4.78 is 25.7. The van der Waals surface area contributed by atoms with Gasteiger partial charge in [-0.05, 0) is 12.1 Å². The smallest absolute Gasteiger partial charge is 0.301 e. The Bertz CT molecular complexity index is 1010. The first-order valence-corrected chi connectivity index (χ1v) is 16.1. The van der Waals surface area contributed by atoms with E-state index in [4.69, 9.17) is 40.5 Å². The zero-order chi connectivity index (χ0) is 23.9. The van der Waals surface area contributed by atoms with E-state index in [-0.39, 0.29) is 31.6 Å². The molecule has 34 heavy (non-hydrogen) atoms. The van der Waals surface area contributed by atoms with Crippen molar-refractivity contribution in [3.8, 4) is 6.01 Å². The first kappa shape index (κ1) is 24.2. The fourth-order valence-electron chi connectivity index (χ4n) is 4.51. The Kier molecular flexibility index (Phi) is 7.04. The van der Waals surface area contributed by atoms with Crippen LogP contribution in [0.15, 0.2) is 6.07 Å². The number of pyridine rings is 1. The van der Waals surface area contributed by atoms with E-state index in [0.717, 1.165) is 38.0 Å². The highest BCUT2D eigenvalue weighted by molar-refractivity contribution is 6.76. The zero-order valence-corrected chi connectivity index (χ0v) is 21.8. The number of piperazine rings is 1. The maximum atomic E-state index is 10.1. The molecule has 0 spiro atoms. The molecule has 0 aromatic carbocycles. The van der Waals surface area contributed by atoms with E-state index in [0.29, 0.717) is 35.4 Å². The van der Waals surface area contributed by atoms with Crippen LogP contribution >= 0.6 is 11.6 Å². The largest absolute Gasteiger partial charge is 0.456 e. The van der Waals surface area contributed by atoms with E-state index in [1.807, 2.05) is 10.6 Å². The topological polar surface area (TPSA) is 103 Å². The van der Waals surface area contributed by atoms with Crippen molar-refractivity contribution in [2.24, 2.45) is 0 Å². The van der Waals surface area contributed by atoms with Crippen LogP contribution in [-0.4, -0.2) is 98.1 Å². The van der Waals surface area contributed by atoms with Gasteiger partial charge in [-0.2, -0.15) is 4.98 Å². The molecule has 2 aromatic heterocycles. The van der Waals surface area contributed by atoms with Crippen molar-refractivity contribution in [1.82, 2.24) is 19.9 Å². The lowest BCUT2D eigenvalue weighted by Crippen LogP contribution is -2.44. The van der Waals surface area contributed by atoms with Crippen LogP contribution in [0.3, 0.4) is 0 Å².